The Morgan fingerprint density at radius 1 is 1.33 bits per heavy atom. The van der Waals surface area contributed by atoms with E-state index in [-0.39, 0.29) is 29.3 Å². The molecule has 8 heteroatoms. The molecule has 0 aliphatic carbocycles. The summed E-state index contributed by atoms with van der Waals surface area (Å²) in [5.41, 5.74) is -0.334. The van der Waals surface area contributed by atoms with Gasteiger partial charge in [-0.25, -0.2) is 9.78 Å². The van der Waals surface area contributed by atoms with Crippen molar-refractivity contribution in [3.63, 3.8) is 0 Å². The van der Waals surface area contributed by atoms with Crippen LogP contribution < -0.4 is 4.74 Å². The van der Waals surface area contributed by atoms with Crippen LogP contribution in [-0.2, 0) is 12.8 Å². The molecule has 1 aromatic heterocycles. The van der Waals surface area contributed by atoms with E-state index in [1.54, 1.807) is 6.07 Å². The molecule has 0 spiro atoms. The van der Waals surface area contributed by atoms with Crippen molar-refractivity contribution in [2.75, 3.05) is 0 Å². The first-order chi connectivity index (χ1) is 11.2. The lowest BCUT2D eigenvalue weighted by Crippen LogP contribution is -2.07. The van der Waals surface area contributed by atoms with Gasteiger partial charge in [-0.1, -0.05) is 12.1 Å². The van der Waals surface area contributed by atoms with Gasteiger partial charge in [-0.3, -0.25) is 0 Å². The van der Waals surface area contributed by atoms with E-state index in [1.807, 2.05) is 0 Å². The van der Waals surface area contributed by atoms with Crippen molar-refractivity contribution in [2.45, 2.75) is 19.7 Å². The number of halogens is 3. The van der Waals surface area contributed by atoms with E-state index in [9.17, 15) is 18.0 Å². The molecule has 0 fully saturated rings. The van der Waals surface area contributed by atoms with Gasteiger partial charge < -0.3 is 9.84 Å². The molecule has 2 aromatic rings. The first kappa shape index (κ1) is 17.3. The number of hydrogen-bond donors (Lipinski definition) is 1. The maximum atomic E-state index is 12.5. The van der Waals surface area contributed by atoms with E-state index in [4.69, 9.17) is 15.1 Å². The molecule has 0 unspecified atom stereocenters. The van der Waals surface area contributed by atoms with E-state index in [1.165, 1.54) is 19.1 Å². The Hall–Kier alpha value is -3.08. The quantitative estimate of drug-likeness (QED) is 0.923. The number of rotatable bonds is 4. The molecule has 1 heterocycles. The van der Waals surface area contributed by atoms with Crippen LogP contribution in [0.5, 0.6) is 5.88 Å². The van der Waals surface area contributed by atoms with Gasteiger partial charge in [0.2, 0.25) is 5.88 Å². The highest BCUT2D eigenvalue weighted by atomic mass is 19.4. The van der Waals surface area contributed by atoms with Crippen LogP contribution in [0.4, 0.5) is 13.2 Å². The Morgan fingerprint density at radius 3 is 2.46 bits per heavy atom. The summed E-state index contributed by atoms with van der Waals surface area (Å²) in [4.78, 5) is 14.9. The number of nitrogens with zero attached hydrogens (tertiary/aromatic N) is 2. The number of ether oxygens (including phenoxy) is 1. The molecule has 5 nitrogen and oxygen atoms in total. The van der Waals surface area contributed by atoms with Gasteiger partial charge in [-0.05, 0) is 30.7 Å². The largest absolute Gasteiger partial charge is 0.478 e. The lowest BCUT2D eigenvalue weighted by Gasteiger charge is -2.10. The highest BCUT2D eigenvalue weighted by Crippen LogP contribution is 2.29. The van der Waals surface area contributed by atoms with Gasteiger partial charge in [0.25, 0.3) is 0 Å². The summed E-state index contributed by atoms with van der Waals surface area (Å²) in [5.74, 6) is -1.29. The molecule has 0 atom stereocenters. The second kappa shape index (κ2) is 6.58. The normalized spacial score (nSPS) is 11.0. The predicted molar refractivity (Wildman–Crippen MR) is 76.4 cm³/mol. The monoisotopic (exact) mass is 336 g/mol. The van der Waals surface area contributed by atoms with Gasteiger partial charge in [0.15, 0.2) is 0 Å². The Morgan fingerprint density at radius 2 is 1.96 bits per heavy atom. The van der Waals surface area contributed by atoms with Crippen LogP contribution >= 0.6 is 0 Å². The summed E-state index contributed by atoms with van der Waals surface area (Å²) >= 11 is 0. The lowest BCUT2D eigenvalue weighted by molar-refractivity contribution is -0.137. The number of alkyl halides is 3. The van der Waals surface area contributed by atoms with Gasteiger partial charge in [-0.15, -0.1) is 0 Å². The first-order valence-corrected chi connectivity index (χ1v) is 6.66. The van der Waals surface area contributed by atoms with Gasteiger partial charge in [0.05, 0.1) is 16.8 Å². The molecule has 0 bridgehead atoms. The third-order valence-electron chi connectivity index (χ3n) is 3.19. The van der Waals surface area contributed by atoms with Gasteiger partial charge in [-0.2, -0.15) is 18.4 Å². The Bertz CT molecular complexity index is 809. The van der Waals surface area contributed by atoms with Crippen LogP contribution in [-0.4, -0.2) is 16.1 Å². The van der Waals surface area contributed by atoms with Crippen LogP contribution in [0.3, 0.4) is 0 Å². The number of hydrogen-bond acceptors (Lipinski definition) is 4. The van der Waals surface area contributed by atoms with E-state index >= 15 is 0 Å². The highest BCUT2D eigenvalue weighted by molar-refractivity contribution is 5.89. The van der Waals surface area contributed by atoms with Crippen LogP contribution in [0.25, 0.3) is 0 Å². The van der Waals surface area contributed by atoms with Crippen LogP contribution in [0.15, 0.2) is 30.3 Å². The van der Waals surface area contributed by atoms with E-state index in [2.05, 4.69) is 4.98 Å². The number of aryl methyl sites for hydroxylation is 1. The summed E-state index contributed by atoms with van der Waals surface area (Å²) in [6.07, 6.45) is -4.42. The molecular weight excluding hydrogens is 325 g/mol. The van der Waals surface area contributed by atoms with Gasteiger partial charge in [0, 0.05) is 0 Å². The zero-order valence-corrected chi connectivity index (χ0v) is 12.4. The van der Waals surface area contributed by atoms with Crippen molar-refractivity contribution in [2.24, 2.45) is 0 Å². The minimum Gasteiger partial charge on any atom is -0.478 e. The maximum absolute atomic E-state index is 12.5. The summed E-state index contributed by atoms with van der Waals surface area (Å²) in [6, 6.07) is 7.30. The summed E-state index contributed by atoms with van der Waals surface area (Å²) < 4.78 is 42.8. The molecule has 1 aromatic carbocycles. The Balaban J connectivity index is 2.19. The molecule has 0 aliphatic heterocycles. The average Bonchev–Trinajstić information content (AvgIpc) is 2.52. The third-order valence-corrected chi connectivity index (χ3v) is 3.19. The molecule has 124 valence electrons. The van der Waals surface area contributed by atoms with Crippen LogP contribution in [0.1, 0.15) is 32.7 Å². The molecule has 0 saturated heterocycles. The average molecular weight is 336 g/mol. The molecule has 2 rings (SSSR count). The van der Waals surface area contributed by atoms with Crippen molar-refractivity contribution in [3.8, 4) is 11.9 Å². The second-order valence-corrected chi connectivity index (χ2v) is 4.87. The van der Waals surface area contributed by atoms with Gasteiger partial charge >= 0.3 is 12.1 Å². The topological polar surface area (TPSA) is 83.2 Å². The van der Waals surface area contributed by atoms with Crippen molar-refractivity contribution >= 4 is 5.97 Å². The Kier molecular flexibility index (Phi) is 4.74. The number of carboxylic acid groups (broad SMARTS) is 1. The van der Waals surface area contributed by atoms with E-state index in [0.717, 1.165) is 18.2 Å². The fraction of sp³-hybridized carbons (Fsp3) is 0.188. The fourth-order valence-corrected chi connectivity index (χ4v) is 1.93. The Labute approximate surface area is 134 Å². The number of pyridine rings is 1. The van der Waals surface area contributed by atoms with Crippen molar-refractivity contribution in [1.29, 1.82) is 5.26 Å². The highest BCUT2D eigenvalue weighted by Gasteiger charge is 2.29. The zero-order valence-electron chi connectivity index (χ0n) is 12.4. The zero-order chi connectivity index (χ0) is 17.9. The SMILES string of the molecule is Cc1nc(OCc2ccc(C(F)(F)F)cc2)c(C#N)cc1C(=O)O. The smallest absolute Gasteiger partial charge is 0.416 e. The second-order valence-electron chi connectivity index (χ2n) is 4.87. The van der Waals surface area contributed by atoms with Crippen LogP contribution in [0, 0.1) is 18.3 Å². The number of benzene rings is 1. The van der Waals surface area contributed by atoms with Crippen molar-refractivity contribution in [3.05, 3.63) is 58.3 Å². The van der Waals surface area contributed by atoms with E-state index < -0.39 is 17.7 Å². The summed E-state index contributed by atoms with van der Waals surface area (Å²) in [6.45, 7) is 1.35. The van der Waals surface area contributed by atoms with Crippen molar-refractivity contribution < 1.29 is 27.8 Å². The fourth-order valence-electron chi connectivity index (χ4n) is 1.93. The molecule has 0 amide bonds. The van der Waals surface area contributed by atoms with Crippen LogP contribution in [0.2, 0.25) is 0 Å². The molecular formula is C16H11F3N2O3. The standard InChI is InChI=1S/C16H11F3N2O3/c1-9-13(15(22)23)6-11(7-20)14(21-9)24-8-10-2-4-12(5-3-10)16(17,18)19/h2-6H,8H2,1H3,(H,22,23). The minimum atomic E-state index is -4.42. The molecule has 0 saturated carbocycles. The van der Waals surface area contributed by atoms with Crippen molar-refractivity contribution in [1.82, 2.24) is 4.98 Å². The first-order valence-electron chi connectivity index (χ1n) is 6.66. The number of carboxylic acids is 1. The lowest BCUT2D eigenvalue weighted by atomic mass is 10.1. The molecule has 0 radical (unpaired) electrons. The number of aromatic carboxylic acids is 1. The van der Waals surface area contributed by atoms with E-state index in [0.29, 0.717) is 5.56 Å². The minimum absolute atomic E-state index is 0.0649. The number of aromatic nitrogens is 1. The molecule has 0 aliphatic rings. The molecule has 24 heavy (non-hydrogen) atoms. The summed E-state index contributed by atoms with van der Waals surface area (Å²) in [5, 5.41) is 18.0. The number of nitriles is 1. The maximum Gasteiger partial charge on any atom is 0.416 e. The molecule has 1 N–H and O–H groups in total. The van der Waals surface area contributed by atoms with Gasteiger partial charge in [0.1, 0.15) is 18.2 Å². The predicted octanol–water partition coefficient (Wildman–Crippen LogP) is 3.56. The number of carbonyl (C=O) groups is 1. The summed E-state index contributed by atoms with van der Waals surface area (Å²) in [7, 11) is 0. The third kappa shape index (κ3) is 3.81.